The maximum absolute atomic E-state index is 12.3. The van der Waals surface area contributed by atoms with E-state index in [1.165, 1.54) is 6.08 Å². The Kier molecular flexibility index (Phi) is 3.52. The zero-order valence-electron chi connectivity index (χ0n) is 11.6. The minimum atomic E-state index is -0.627. The lowest BCUT2D eigenvalue weighted by atomic mass is 10.1. The Hall–Kier alpha value is -1.94. The zero-order valence-corrected chi connectivity index (χ0v) is 12.4. The van der Waals surface area contributed by atoms with Gasteiger partial charge in [0.15, 0.2) is 0 Å². The first-order chi connectivity index (χ1) is 9.24. The highest BCUT2D eigenvalue weighted by Crippen LogP contribution is 2.30. The molecule has 5 heteroatoms. The molecule has 106 valence electrons. The van der Waals surface area contributed by atoms with Gasteiger partial charge in [-0.1, -0.05) is 18.2 Å². The van der Waals surface area contributed by atoms with Gasteiger partial charge in [0, 0.05) is 10.4 Å². The fourth-order valence-corrected chi connectivity index (χ4v) is 2.17. The number of rotatable bonds is 2. The van der Waals surface area contributed by atoms with Gasteiger partial charge in [0.05, 0.1) is 16.8 Å². The molecule has 1 aromatic heterocycles. The molecule has 0 saturated carbocycles. The van der Waals surface area contributed by atoms with Gasteiger partial charge in [0.25, 0.3) is 0 Å². The number of hydrogen-bond donors (Lipinski definition) is 1. The van der Waals surface area contributed by atoms with Crippen LogP contribution in [0.2, 0.25) is 5.02 Å². The average Bonchev–Trinajstić information content (AvgIpc) is 2.59. The molecule has 1 heterocycles. The highest BCUT2D eigenvalue weighted by atomic mass is 35.5. The summed E-state index contributed by atoms with van der Waals surface area (Å²) in [5.74, 6) is -0.521. The summed E-state index contributed by atoms with van der Waals surface area (Å²) in [5, 5.41) is 11.1. The van der Waals surface area contributed by atoms with Crippen molar-refractivity contribution in [3.63, 3.8) is 0 Å². The van der Waals surface area contributed by atoms with Gasteiger partial charge in [-0.05, 0) is 45.0 Å². The Balaban J connectivity index is 2.70. The monoisotopic (exact) mass is 293 g/mol. The van der Waals surface area contributed by atoms with Crippen molar-refractivity contribution in [2.45, 2.75) is 26.4 Å². The van der Waals surface area contributed by atoms with Gasteiger partial charge in [-0.15, -0.1) is 0 Å². The van der Waals surface area contributed by atoms with Crippen LogP contribution >= 0.6 is 11.6 Å². The summed E-state index contributed by atoms with van der Waals surface area (Å²) in [4.78, 5) is 12.3. The van der Waals surface area contributed by atoms with Gasteiger partial charge in [0.2, 0.25) is 0 Å². The van der Waals surface area contributed by atoms with E-state index in [-0.39, 0.29) is 11.3 Å². The Labute approximate surface area is 122 Å². The summed E-state index contributed by atoms with van der Waals surface area (Å²) >= 11 is 5.96. The van der Waals surface area contributed by atoms with Gasteiger partial charge in [0.1, 0.15) is 5.60 Å². The first-order valence-electron chi connectivity index (χ1n) is 6.13. The molecular weight excluding hydrogens is 278 g/mol. The van der Waals surface area contributed by atoms with Crippen LogP contribution in [-0.4, -0.2) is 21.5 Å². The topological polar surface area (TPSA) is 51.5 Å². The Bertz CT molecular complexity index is 695. The predicted molar refractivity (Wildman–Crippen MR) is 79.4 cm³/mol. The largest absolute Gasteiger partial charge is 0.456 e. The molecule has 4 nitrogen and oxygen atoms in total. The number of hydrogen-bond acceptors (Lipinski definition) is 3. The fourth-order valence-electron chi connectivity index (χ4n) is 2.00. The van der Waals surface area contributed by atoms with Gasteiger partial charge in [-0.2, -0.15) is 4.73 Å². The molecule has 20 heavy (non-hydrogen) atoms. The second-order valence-electron chi connectivity index (χ2n) is 5.44. The number of aromatic nitrogens is 1. The van der Waals surface area contributed by atoms with Gasteiger partial charge in [-0.3, -0.25) is 0 Å². The number of esters is 1. The van der Waals surface area contributed by atoms with Crippen molar-refractivity contribution in [1.82, 2.24) is 4.73 Å². The second kappa shape index (κ2) is 4.87. The summed E-state index contributed by atoms with van der Waals surface area (Å²) in [6.45, 7) is 8.97. The SMILES string of the molecule is C=Cc1c(C(=O)OC(C)(C)C)c2cc(Cl)ccc2n1O. The van der Waals surface area contributed by atoms with Gasteiger partial charge < -0.3 is 9.94 Å². The molecule has 1 N–H and O–H groups in total. The van der Waals surface area contributed by atoms with Crippen LogP contribution in [0, 0.1) is 0 Å². The standard InChI is InChI=1S/C15H16ClNO3/c1-5-11-13(14(18)20-15(2,3)4)10-8-9(16)6-7-12(10)17(11)19/h5-8,19H,1H2,2-4H3. The van der Waals surface area contributed by atoms with Crippen molar-refractivity contribution in [2.24, 2.45) is 0 Å². The van der Waals surface area contributed by atoms with E-state index in [2.05, 4.69) is 6.58 Å². The van der Waals surface area contributed by atoms with Crippen LogP contribution in [0.5, 0.6) is 0 Å². The molecular formula is C15H16ClNO3. The van der Waals surface area contributed by atoms with E-state index in [0.717, 1.165) is 4.73 Å². The fraction of sp³-hybridized carbons (Fsp3) is 0.267. The quantitative estimate of drug-likeness (QED) is 0.669. The molecule has 1 aromatic carbocycles. The van der Waals surface area contributed by atoms with Crippen molar-refractivity contribution < 1.29 is 14.7 Å². The van der Waals surface area contributed by atoms with Crippen molar-refractivity contribution >= 4 is 34.5 Å². The highest BCUT2D eigenvalue weighted by Gasteiger charge is 2.26. The third-order valence-electron chi connectivity index (χ3n) is 2.74. The molecule has 2 rings (SSSR count). The number of halogens is 1. The van der Waals surface area contributed by atoms with Crippen molar-refractivity contribution in [3.8, 4) is 0 Å². The van der Waals surface area contributed by atoms with Crippen LogP contribution in [0.3, 0.4) is 0 Å². The average molecular weight is 294 g/mol. The van der Waals surface area contributed by atoms with E-state index in [1.54, 1.807) is 39.0 Å². The predicted octanol–water partition coefficient (Wildman–Crippen LogP) is 4.13. The van der Waals surface area contributed by atoms with E-state index in [9.17, 15) is 10.0 Å². The van der Waals surface area contributed by atoms with Crippen LogP contribution in [0.4, 0.5) is 0 Å². The molecule has 0 aliphatic heterocycles. The lowest BCUT2D eigenvalue weighted by molar-refractivity contribution is 0.00697. The summed E-state index contributed by atoms with van der Waals surface area (Å²) < 4.78 is 6.29. The number of fused-ring (bicyclic) bond motifs is 1. The summed E-state index contributed by atoms with van der Waals surface area (Å²) in [6, 6.07) is 4.90. The van der Waals surface area contributed by atoms with Crippen molar-refractivity contribution in [2.75, 3.05) is 0 Å². The molecule has 0 aliphatic rings. The molecule has 0 amide bonds. The molecule has 0 aliphatic carbocycles. The highest BCUT2D eigenvalue weighted by molar-refractivity contribution is 6.31. The first kappa shape index (κ1) is 14.5. The maximum atomic E-state index is 12.3. The molecule has 0 bridgehead atoms. The molecule has 0 unspecified atom stereocenters. The second-order valence-corrected chi connectivity index (χ2v) is 5.88. The Morgan fingerprint density at radius 3 is 2.65 bits per heavy atom. The minimum absolute atomic E-state index is 0.259. The van der Waals surface area contributed by atoms with E-state index >= 15 is 0 Å². The van der Waals surface area contributed by atoms with Crippen LogP contribution in [0.25, 0.3) is 17.0 Å². The summed E-state index contributed by atoms with van der Waals surface area (Å²) in [6.07, 6.45) is 1.41. The van der Waals surface area contributed by atoms with Crippen molar-refractivity contribution in [3.05, 3.63) is 41.1 Å². The lowest BCUT2D eigenvalue weighted by Crippen LogP contribution is -2.24. The summed E-state index contributed by atoms with van der Waals surface area (Å²) in [7, 11) is 0. The summed E-state index contributed by atoms with van der Waals surface area (Å²) in [5.41, 5.74) is 0.398. The molecule has 0 atom stereocenters. The maximum Gasteiger partial charge on any atom is 0.341 e. The molecule has 0 radical (unpaired) electrons. The van der Waals surface area contributed by atoms with Crippen LogP contribution in [0.1, 0.15) is 36.8 Å². The van der Waals surface area contributed by atoms with Gasteiger partial charge in [-0.25, -0.2) is 4.79 Å². The van der Waals surface area contributed by atoms with Crippen LogP contribution < -0.4 is 0 Å². The first-order valence-corrected chi connectivity index (χ1v) is 6.51. The number of carbonyl (C=O) groups is 1. The third kappa shape index (κ3) is 2.51. The van der Waals surface area contributed by atoms with Crippen LogP contribution in [0.15, 0.2) is 24.8 Å². The molecule has 0 fully saturated rings. The minimum Gasteiger partial charge on any atom is -0.456 e. The molecule has 2 aromatic rings. The zero-order chi connectivity index (χ0) is 15.1. The molecule has 0 spiro atoms. The van der Waals surface area contributed by atoms with E-state index in [1.807, 2.05) is 0 Å². The van der Waals surface area contributed by atoms with E-state index < -0.39 is 11.6 Å². The van der Waals surface area contributed by atoms with Gasteiger partial charge >= 0.3 is 5.97 Å². The lowest BCUT2D eigenvalue weighted by Gasteiger charge is -2.19. The number of benzene rings is 1. The number of carbonyl (C=O) groups excluding carboxylic acids is 1. The Morgan fingerprint density at radius 2 is 2.10 bits per heavy atom. The van der Waals surface area contributed by atoms with Crippen molar-refractivity contribution in [1.29, 1.82) is 0 Å². The van der Waals surface area contributed by atoms with Crippen LogP contribution in [-0.2, 0) is 4.74 Å². The third-order valence-corrected chi connectivity index (χ3v) is 2.97. The normalized spacial score (nSPS) is 11.6. The molecule has 0 saturated heterocycles. The van der Waals surface area contributed by atoms with E-state index in [0.29, 0.717) is 15.9 Å². The number of ether oxygens (including phenoxy) is 1. The number of nitrogens with zero attached hydrogens (tertiary/aromatic N) is 1. The Morgan fingerprint density at radius 1 is 1.45 bits per heavy atom. The van der Waals surface area contributed by atoms with E-state index in [4.69, 9.17) is 16.3 Å². The smallest absolute Gasteiger partial charge is 0.341 e.